The Bertz CT molecular complexity index is 521. The minimum absolute atomic E-state index is 0. The average molecular weight is 428 g/mol. The summed E-state index contributed by atoms with van der Waals surface area (Å²) in [5.74, 6) is -2.38. The molecule has 166 valence electrons. The number of aliphatic carboxylic acids is 1. The fraction of sp³-hybridized carbons (Fsp3) is 0.900. The van der Waals surface area contributed by atoms with E-state index in [1.54, 1.807) is 20.8 Å². The molecule has 0 saturated heterocycles. The van der Waals surface area contributed by atoms with Crippen molar-refractivity contribution in [3.8, 4) is 0 Å². The monoisotopic (exact) mass is 427 g/mol. The number of aliphatic hydroxyl groups excluding tert-OH is 2. The summed E-state index contributed by atoms with van der Waals surface area (Å²) in [5.41, 5.74) is -0.918. The van der Waals surface area contributed by atoms with Crippen LogP contribution >= 0.6 is 0 Å². The zero-order valence-corrected chi connectivity index (χ0v) is 22.0. The Kier molecular flexibility index (Phi) is 13.4. The standard InChI is InChI=1S/C20H41N3O5.Na/c1-9-16(24)10-15(18(26)27)11-20(2,3)19(28)21-14-23(7,8)13-17(25)12-22(4,5)6;/h15-17,24-25H,9-14H2,1-8H3;/q;+1/p+1. The summed E-state index contributed by atoms with van der Waals surface area (Å²) in [6.07, 6.45) is -0.597. The number of rotatable bonds is 13. The maximum absolute atomic E-state index is 12.7. The number of carboxylic acids is 1. The van der Waals surface area contributed by atoms with Crippen molar-refractivity contribution in [1.82, 2.24) is 5.32 Å². The number of hydrogen-bond acceptors (Lipinski definition) is 5. The number of amides is 1. The van der Waals surface area contributed by atoms with Gasteiger partial charge in [-0.25, -0.2) is 0 Å². The van der Waals surface area contributed by atoms with Crippen LogP contribution in [0.1, 0.15) is 40.0 Å². The minimum Gasteiger partial charge on any atom is -0.550 e. The molecule has 0 fully saturated rings. The summed E-state index contributed by atoms with van der Waals surface area (Å²) >= 11 is 0. The van der Waals surface area contributed by atoms with Crippen LogP contribution in [0, 0.1) is 11.3 Å². The maximum atomic E-state index is 12.7. The number of carboxylic acid groups (broad SMARTS) is 1. The topological polar surface area (TPSA) is 110 Å². The van der Waals surface area contributed by atoms with Gasteiger partial charge in [-0.2, -0.15) is 0 Å². The number of carbonyl (C=O) groups is 2. The van der Waals surface area contributed by atoms with Crippen LogP contribution in [0.25, 0.3) is 0 Å². The molecular weight excluding hydrogens is 385 g/mol. The van der Waals surface area contributed by atoms with Crippen LogP contribution in [0.3, 0.4) is 0 Å². The van der Waals surface area contributed by atoms with Crippen LogP contribution in [0.5, 0.6) is 0 Å². The van der Waals surface area contributed by atoms with Gasteiger partial charge < -0.3 is 34.4 Å². The van der Waals surface area contributed by atoms with Crippen molar-refractivity contribution < 1.29 is 63.4 Å². The summed E-state index contributed by atoms with van der Waals surface area (Å²) in [5, 5.41) is 34.4. The van der Waals surface area contributed by atoms with Crippen LogP contribution < -0.4 is 40.0 Å². The SMILES string of the molecule is CCC(O)CC(CC(C)(C)C(=O)NC[N+](C)(C)CC(O)C[N+](C)(C)C)C(=O)[O-].[Na+]. The number of nitrogens with one attached hydrogen (secondary N) is 1. The molecule has 0 heterocycles. The summed E-state index contributed by atoms with van der Waals surface area (Å²) in [7, 11) is 9.88. The summed E-state index contributed by atoms with van der Waals surface area (Å²) in [6.45, 7) is 6.59. The Morgan fingerprint density at radius 3 is 1.97 bits per heavy atom. The molecule has 0 aliphatic heterocycles. The van der Waals surface area contributed by atoms with E-state index in [1.807, 2.05) is 35.2 Å². The molecule has 0 aromatic rings. The van der Waals surface area contributed by atoms with Crippen LogP contribution in [-0.4, -0.2) is 98.3 Å². The van der Waals surface area contributed by atoms with E-state index in [-0.39, 0.29) is 48.3 Å². The Balaban J connectivity index is 0. The van der Waals surface area contributed by atoms with E-state index < -0.39 is 29.5 Å². The first-order valence-corrected chi connectivity index (χ1v) is 9.97. The maximum Gasteiger partial charge on any atom is 1.00 e. The molecule has 0 radical (unpaired) electrons. The van der Waals surface area contributed by atoms with Crippen molar-refractivity contribution in [3.63, 3.8) is 0 Å². The van der Waals surface area contributed by atoms with Gasteiger partial charge in [-0.05, 0) is 19.3 Å². The van der Waals surface area contributed by atoms with Gasteiger partial charge in [0, 0.05) is 17.3 Å². The van der Waals surface area contributed by atoms with E-state index in [2.05, 4.69) is 5.32 Å². The van der Waals surface area contributed by atoms with Gasteiger partial charge in [-0.15, -0.1) is 0 Å². The molecule has 0 aliphatic rings. The normalized spacial score (nSPS) is 15.8. The molecule has 0 aromatic heterocycles. The Morgan fingerprint density at radius 2 is 1.55 bits per heavy atom. The molecule has 3 N–H and O–H groups in total. The van der Waals surface area contributed by atoms with Gasteiger partial charge in [0.2, 0.25) is 5.91 Å². The van der Waals surface area contributed by atoms with Gasteiger partial charge in [-0.3, -0.25) is 4.79 Å². The van der Waals surface area contributed by atoms with Crippen molar-refractivity contribution >= 4 is 11.9 Å². The second-order valence-electron chi connectivity index (χ2n) is 10.3. The predicted octanol–water partition coefficient (Wildman–Crippen LogP) is -3.85. The molecule has 8 nitrogen and oxygen atoms in total. The zero-order valence-electron chi connectivity index (χ0n) is 20.0. The smallest absolute Gasteiger partial charge is 0.550 e. The van der Waals surface area contributed by atoms with Crippen molar-refractivity contribution in [1.29, 1.82) is 0 Å². The third-order valence-electron chi connectivity index (χ3n) is 4.86. The largest absolute Gasteiger partial charge is 1.00 e. The summed E-state index contributed by atoms with van der Waals surface area (Å²) in [6, 6.07) is 0. The Hall–Kier alpha value is -0.220. The number of hydrogen-bond donors (Lipinski definition) is 3. The molecule has 0 saturated carbocycles. The van der Waals surface area contributed by atoms with Crippen molar-refractivity contribution in [2.24, 2.45) is 11.3 Å². The van der Waals surface area contributed by atoms with E-state index in [0.717, 1.165) is 0 Å². The molecule has 29 heavy (non-hydrogen) atoms. The molecule has 0 aromatic carbocycles. The quantitative estimate of drug-likeness (QED) is 0.158. The summed E-state index contributed by atoms with van der Waals surface area (Å²) < 4.78 is 1.05. The van der Waals surface area contributed by atoms with Gasteiger partial charge in [0.1, 0.15) is 13.1 Å². The second kappa shape index (κ2) is 12.6. The van der Waals surface area contributed by atoms with E-state index in [4.69, 9.17) is 0 Å². The first-order valence-electron chi connectivity index (χ1n) is 9.97. The number of likely N-dealkylation sites (N-methyl/N-ethyl adjacent to an activating group) is 2. The molecule has 3 atom stereocenters. The summed E-state index contributed by atoms with van der Waals surface area (Å²) in [4.78, 5) is 24.1. The number of carbonyl (C=O) groups excluding carboxylic acids is 2. The van der Waals surface area contributed by atoms with E-state index in [1.165, 1.54) is 0 Å². The van der Waals surface area contributed by atoms with Crippen LogP contribution in [0.15, 0.2) is 0 Å². The third-order valence-corrected chi connectivity index (χ3v) is 4.86. The molecule has 9 heteroatoms. The molecule has 3 unspecified atom stereocenters. The predicted molar refractivity (Wildman–Crippen MR) is 107 cm³/mol. The van der Waals surface area contributed by atoms with Crippen molar-refractivity contribution in [3.05, 3.63) is 0 Å². The van der Waals surface area contributed by atoms with Crippen LogP contribution in [0.2, 0.25) is 0 Å². The van der Waals surface area contributed by atoms with E-state index in [0.29, 0.717) is 35.1 Å². The van der Waals surface area contributed by atoms with E-state index in [9.17, 15) is 24.9 Å². The minimum atomic E-state index is -1.24. The molecule has 0 bridgehead atoms. The zero-order chi connectivity index (χ0) is 22.3. The fourth-order valence-corrected chi connectivity index (χ4v) is 3.32. The molecule has 1 amide bonds. The number of nitrogens with zero attached hydrogens (tertiary/aromatic N) is 2. The first kappa shape index (κ1) is 31.0. The average Bonchev–Trinajstić information content (AvgIpc) is 2.48. The van der Waals surface area contributed by atoms with E-state index >= 15 is 0 Å². The first-order chi connectivity index (χ1) is 12.5. The molecule has 0 spiro atoms. The van der Waals surface area contributed by atoms with Gasteiger partial charge in [0.15, 0.2) is 12.8 Å². The van der Waals surface area contributed by atoms with Gasteiger partial charge in [-0.1, -0.05) is 20.8 Å². The number of quaternary nitrogens is 2. The molecule has 0 aliphatic carbocycles. The van der Waals surface area contributed by atoms with Gasteiger partial charge >= 0.3 is 29.6 Å². The Morgan fingerprint density at radius 1 is 1.03 bits per heavy atom. The Labute approximate surface area is 198 Å². The van der Waals surface area contributed by atoms with Crippen LogP contribution in [-0.2, 0) is 9.59 Å². The molecule has 0 rings (SSSR count). The number of aliphatic hydroxyl groups is 2. The van der Waals surface area contributed by atoms with Crippen LogP contribution in [0.4, 0.5) is 0 Å². The second-order valence-corrected chi connectivity index (χ2v) is 10.3. The molecular formula is C20H42N3NaO5+2. The third kappa shape index (κ3) is 13.6. The van der Waals surface area contributed by atoms with Gasteiger partial charge in [0.25, 0.3) is 0 Å². The van der Waals surface area contributed by atoms with Crippen molar-refractivity contribution in [2.45, 2.75) is 52.2 Å². The van der Waals surface area contributed by atoms with Crippen molar-refractivity contribution in [2.75, 3.05) is 55.0 Å². The van der Waals surface area contributed by atoms with Gasteiger partial charge in [0.05, 0.1) is 41.3 Å². The fourth-order valence-electron chi connectivity index (χ4n) is 3.32.